The Hall–Kier alpha value is -1.73. The zero-order chi connectivity index (χ0) is 16.7. The monoisotopic (exact) mass is 321 g/mol. The Labute approximate surface area is 137 Å². The van der Waals surface area contributed by atoms with Gasteiger partial charge in [-0.2, -0.15) is 0 Å². The molecule has 0 bridgehead atoms. The highest BCUT2D eigenvalue weighted by Gasteiger charge is 2.13. The van der Waals surface area contributed by atoms with Crippen molar-refractivity contribution in [1.82, 2.24) is 20.2 Å². The number of carbonyl (C=O) groups is 1. The van der Waals surface area contributed by atoms with Crippen LogP contribution in [0, 0.1) is 6.92 Å². The lowest BCUT2D eigenvalue weighted by atomic mass is 10.2. The first-order valence-corrected chi connectivity index (χ1v) is 8.29. The van der Waals surface area contributed by atoms with E-state index in [1.807, 2.05) is 13.8 Å². The van der Waals surface area contributed by atoms with Gasteiger partial charge in [-0.25, -0.2) is 9.97 Å². The van der Waals surface area contributed by atoms with Gasteiger partial charge in [0.25, 0.3) is 5.91 Å². The summed E-state index contributed by atoms with van der Waals surface area (Å²) in [5.74, 6) is 1.14. The lowest BCUT2D eigenvalue weighted by Crippen LogP contribution is -2.39. The largest absolute Gasteiger partial charge is 0.379 e. The molecule has 1 amide bonds. The SMILES string of the molecule is CCC(C)NC(=O)c1cc(NCCN2CCOCC2)nc(C)n1. The van der Waals surface area contributed by atoms with Gasteiger partial charge in [-0.1, -0.05) is 6.92 Å². The number of aromatic nitrogens is 2. The third kappa shape index (κ3) is 5.76. The average molecular weight is 321 g/mol. The Kier molecular flexibility index (Phi) is 6.73. The van der Waals surface area contributed by atoms with E-state index >= 15 is 0 Å². The summed E-state index contributed by atoms with van der Waals surface area (Å²) in [5.41, 5.74) is 0.409. The van der Waals surface area contributed by atoms with Crippen molar-refractivity contribution in [2.45, 2.75) is 33.2 Å². The molecule has 128 valence electrons. The standard InChI is InChI=1S/C16H27N5O2/c1-4-12(2)18-16(22)14-11-15(20-13(3)19-14)17-5-6-21-7-9-23-10-8-21/h11-12H,4-10H2,1-3H3,(H,18,22)(H,17,19,20). The average Bonchev–Trinajstić information content (AvgIpc) is 2.55. The van der Waals surface area contributed by atoms with Gasteiger partial charge in [0, 0.05) is 38.3 Å². The normalized spacial score (nSPS) is 16.8. The Bertz CT molecular complexity index is 517. The van der Waals surface area contributed by atoms with E-state index in [4.69, 9.17) is 4.74 Å². The second kappa shape index (κ2) is 8.79. The topological polar surface area (TPSA) is 79.4 Å². The van der Waals surface area contributed by atoms with Crippen LogP contribution in [0.5, 0.6) is 0 Å². The highest BCUT2D eigenvalue weighted by molar-refractivity contribution is 5.93. The van der Waals surface area contributed by atoms with Gasteiger partial charge in [-0.3, -0.25) is 9.69 Å². The summed E-state index contributed by atoms with van der Waals surface area (Å²) >= 11 is 0. The molecule has 1 aromatic heterocycles. The third-order valence-corrected chi connectivity index (χ3v) is 3.90. The quantitative estimate of drug-likeness (QED) is 0.782. The van der Waals surface area contributed by atoms with Crippen LogP contribution in [0.2, 0.25) is 0 Å². The molecule has 0 radical (unpaired) electrons. The molecule has 1 unspecified atom stereocenters. The number of morpholine rings is 1. The van der Waals surface area contributed by atoms with Gasteiger partial charge in [0.05, 0.1) is 13.2 Å². The van der Waals surface area contributed by atoms with Gasteiger partial charge in [0.2, 0.25) is 0 Å². The molecule has 23 heavy (non-hydrogen) atoms. The Morgan fingerprint density at radius 1 is 1.39 bits per heavy atom. The third-order valence-electron chi connectivity index (χ3n) is 3.90. The van der Waals surface area contributed by atoms with Gasteiger partial charge in [0.1, 0.15) is 17.3 Å². The number of ether oxygens (including phenoxy) is 1. The Morgan fingerprint density at radius 2 is 2.13 bits per heavy atom. The molecule has 1 aliphatic rings. The molecule has 2 heterocycles. The van der Waals surface area contributed by atoms with Crippen LogP contribution in [0.25, 0.3) is 0 Å². The van der Waals surface area contributed by atoms with Crippen LogP contribution >= 0.6 is 0 Å². The van der Waals surface area contributed by atoms with Gasteiger partial charge in [-0.05, 0) is 20.3 Å². The number of aryl methyl sites for hydroxylation is 1. The highest BCUT2D eigenvalue weighted by Crippen LogP contribution is 2.07. The maximum atomic E-state index is 12.2. The Morgan fingerprint density at radius 3 is 2.83 bits per heavy atom. The predicted molar refractivity (Wildman–Crippen MR) is 89.7 cm³/mol. The summed E-state index contributed by atoms with van der Waals surface area (Å²) < 4.78 is 5.34. The van der Waals surface area contributed by atoms with E-state index in [1.54, 1.807) is 13.0 Å². The number of anilines is 1. The van der Waals surface area contributed by atoms with Crippen LogP contribution in [0.4, 0.5) is 5.82 Å². The van der Waals surface area contributed by atoms with Crippen molar-refractivity contribution in [1.29, 1.82) is 0 Å². The van der Waals surface area contributed by atoms with Gasteiger partial charge < -0.3 is 15.4 Å². The number of nitrogens with one attached hydrogen (secondary N) is 2. The number of hydrogen-bond donors (Lipinski definition) is 2. The molecule has 1 atom stereocenters. The summed E-state index contributed by atoms with van der Waals surface area (Å²) in [6.45, 7) is 11.1. The molecular weight excluding hydrogens is 294 g/mol. The predicted octanol–water partition coefficient (Wildman–Crippen LogP) is 1.06. The van der Waals surface area contributed by atoms with Crippen LogP contribution in [0.15, 0.2) is 6.07 Å². The molecule has 0 spiro atoms. The number of amides is 1. The van der Waals surface area contributed by atoms with Gasteiger partial charge >= 0.3 is 0 Å². The van der Waals surface area contributed by atoms with E-state index in [1.165, 1.54) is 0 Å². The molecule has 1 aromatic rings. The van der Waals surface area contributed by atoms with Gasteiger partial charge in [0.15, 0.2) is 0 Å². The van der Waals surface area contributed by atoms with Crippen molar-refractivity contribution in [3.63, 3.8) is 0 Å². The van der Waals surface area contributed by atoms with E-state index in [-0.39, 0.29) is 11.9 Å². The smallest absolute Gasteiger partial charge is 0.270 e. The second-order valence-corrected chi connectivity index (χ2v) is 5.85. The van der Waals surface area contributed by atoms with Crippen molar-refractivity contribution in [3.05, 3.63) is 17.6 Å². The van der Waals surface area contributed by atoms with E-state index in [0.29, 0.717) is 17.3 Å². The van der Waals surface area contributed by atoms with Crippen LogP contribution in [-0.4, -0.2) is 66.2 Å². The molecule has 0 saturated carbocycles. The number of rotatable bonds is 7. The van der Waals surface area contributed by atoms with Crippen molar-refractivity contribution >= 4 is 11.7 Å². The van der Waals surface area contributed by atoms with Crippen LogP contribution < -0.4 is 10.6 Å². The van der Waals surface area contributed by atoms with Crippen LogP contribution in [0.1, 0.15) is 36.6 Å². The first kappa shape index (κ1) is 17.6. The minimum absolute atomic E-state index is 0.135. The van der Waals surface area contributed by atoms with Crippen molar-refractivity contribution in [2.75, 3.05) is 44.7 Å². The Balaban J connectivity index is 1.90. The van der Waals surface area contributed by atoms with E-state index in [9.17, 15) is 4.79 Å². The molecule has 1 aliphatic heterocycles. The van der Waals surface area contributed by atoms with Crippen LogP contribution in [0.3, 0.4) is 0 Å². The molecule has 7 nitrogen and oxygen atoms in total. The number of nitrogens with zero attached hydrogens (tertiary/aromatic N) is 3. The summed E-state index contributed by atoms with van der Waals surface area (Å²) in [7, 11) is 0. The molecule has 1 fully saturated rings. The van der Waals surface area contributed by atoms with Gasteiger partial charge in [-0.15, -0.1) is 0 Å². The minimum atomic E-state index is -0.152. The first-order chi connectivity index (χ1) is 11.1. The molecule has 1 saturated heterocycles. The lowest BCUT2D eigenvalue weighted by molar-refractivity contribution is 0.0398. The molecule has 0 aromatic carbocycles. The number of carbonyl (C=O) groups excluding carboxylic acids is 1. The molecule has 7 heteroatoms. The van der Waals surface area contributed by atoms with E-state index in [0.717, 1.165) is 45.8 Å². The highest BCUT2D eigenvalue weighted by atomic mass is 16.5. The summed E-state index contributed by atoms with van der Waals surface area (Å²) in [6, 6.07) is 1.85. The molecular formula is C16H27N5O2. The fourth-order valence-corrected chi connectivity index (χ4v) is 2.34. The minimum Gasteiger partial charge on any atom is -0.379 e. The first-order valence-electron chi connectivity index (χ1n) is 8.29. The zero-order valence-corrected chi connectivity index (χ0v) is 14.3. The van der Waals surface area contributed by atoms with Crippen molar-refractivity contribution < 1.29 is 9.53 Å². The molecule has 2 rings (SSSR count). The number of hydrogen-bond acceptors (Lipinski definition) is 6. The second-order valence-electron chi connectivity index (χ2n) is 5.85. The fourth-order valence-electron chi connectivity index (χ4n) is 2.34. The summed E-state index contributed by atoms with van der Waals surface area (Å²) in [4.78, 5) is 23.1. The molecule has 2 N–H and O–H groups in total. The van der Waals surface area contributed by atoms with Crippen molar-refractivity contribution in [2.24, 2.45) is 0 Å². The summed E-state index contributed by atoms with van der Waals surface area (Å²) in [6.07, 6.45) is 0.889. The maximum absolute atomic E-state index is 12.2. The zero-order valence-electron chi connectivity index (χ0n) is 14.3. The fraction of sp³-hybridized carbons (Fsp3) is 0.688. The summed E-state index contributed by atoms with van der Waals surface area (Å²) in [5, 5.41) is 6.21. The van der Waals surface area contributed by atoms with E-state index in [2.05, 4.69) is 25.5 Å². The van der Waals surface area contributed by atoms with E-state index < -0.39 is 0 Å². The van der Waals surface area contributed by atoms with Crippen LogP contribution in [-0.2, 0) is 4.74 Å². The lowest BCUT2D eigenvalue weighted by Gasteiger charge is -2.26. The molecule has 0 aliphatic carbocycles. The van der Waals surface area contributed by atoms with Crippen molar-refractivity contribution in [3.8, 4) is 0 Å². The maximum Gasteiger partial charge on any atom is 0.270 e.